The molecule has 0 spiro atoms. The maximum atomic E-state index is 13.4. The average molecular weight is 339 g/mol. The van der Waals surface area contributed by atoms with E-state index < -0.39 is 28.6 Å². The van der Waals surface area contributed by atoms with Crippen molar-refractivity contribution in [2.45, 2.75) is 38.0 Å². The van der Waals surface area contributed by atoms with Crippen molar-refractivity contribution in [1.82, 2.24) is 0 Å². The summed E-state index contributed by atoms with van der Waals surface area (Å²) in [4.78, 5) is 40.5. The van der Waals surface area contributed by atoms with E-state index in [1.807, 2.05) is 19.9 Å². The quantitative estimate of drug-likeness (QED) is 0.630. The summed E-state index contributed by atoms with van der Waals surface area (Å²) in [6.07, 6.45) is 0.548. The molecule has 130 valence electrons. The van der Waals surface area contributed by atoms with Crippen molar-refractivity contribution in [3.05, 3.63) is 41.5 Å². The van der Waals surface area contributed by atoms with E-state index in [0.29, 0.717) is 23.2 Å². The summed E-state index contributed by atoms with van der Waals surface area (Å²) in [6.45, 7) is 7.85. The van der Waals surface area contributed by atoms with Crippen LogP contribution in [0.5, 0.6) is 0 Å². The van der Waals surface area contributed by atoms with Gasteiger partial charge in [-0.1, -0.05) is 38.1 Å². The van der Waals surface area contributed by atoms with Gasteiger partial charge in [-0.25, -0.2) is 0 Å². The van der Waals surface area contributed by atoms with Gasteiger partial charge in [-0.2, -0.15) is 0 Å². The third kappa shape index (κ3) is 1.66. The van der Waals surface area contributed by atoms with Crippen molar-refractivity contribution in [1.29, 1.82) is 0 Å². The summed E-state index contributed by atoms with van der Waals surface area (Å²) in [5.41, 5.74) is 0.355. The van der Waals surface area contributed by atoms with Gasteiger partial charge >= 0.3 is 5.97 Å². The van der Waals surface area contributed by atoms with Gasteiger partial charge in [-0.15, -0.1) is 0 Å². The fourth-order valence-electron chi connectivity index (χ4n) is 5.19. The lowest BCUT2D eigenvalue weighted by atomic mass is 9.58. The second-order valence-corrected chi connectivity index (χ2v) is 8.15. The monoisotopic (exact) mass is 339 g/mol. The summed E-state index contributed by atoms with van der Waals surface area (Å²) in [7, 11) is 1.71. The summed E-state index contributed by atoms with van der Waals surface area (Å²) >= 11 is 0. The van der Waals surface area contributed by atoms with E-state index in [1.165, 1.54) is 0 Å². The zero-order valence-corrected chi connectivity index (χ0v) is 14.6. The number of nitrogens with zero attached hydrogens (tertiary/aromatic N) is 1. The molecule has 1 aliphatic heterocycles. The topological polar surface area (TPSA) is 74.7 Å². The standard InChI is InChI=1S/C20H21NO4/c1-10-8-12-16(22)20(9-10,18(24)25)11-6-5-7-13-14(11)15(19(12,2)3)17(23)21(13)4/h5-7,12,15H,1,8-9H2,2-4H3,(H,24,25)/t12-,15?,20+/m0/s1. The Bertz CT molecular complexity index is 868. The van der Waals surface area contributed by atoms with Crippen LogP contribution in [-0.2, 0) is 19.8 Å². The van der Waals surface area contributed by atoms with Gasteiger partial charge in [-0.05, 0) is 35.4 Å². The molecule has 5 nitrogen and oxygen atoms in total. The van der Waals surface area contributed by atoms with Gasteiger partial charge < -0.3 is 10.0 Å². The lowest BCUT2D eigenvalue weighted by Gasteiger charge is -2.42. The number of allylic oxidation sites excluding steroid dienone is 1. The van der Waals surface area contributed by atoms with Gasteiger partial charge in [0.05, 0.1) is 5.92 Å². The predicted octanol–water partition coefficient (Wildman–Crippen LogP) is 2.64. The number of aliphatic carboxylic acids is 1. The van der Waals surface area contributed by atoms with Crippen LogP contribution in [0.15, 0.2) is 30.4 Å². The third-order valence-corrected chi connectivity index (χ3v) is 6.52. The lowest BCUT2D eigenvalue weighted by molar-refractivity contribution is -0.152. The number of benzene rings is 1. The number of carbonyl (C=O) groups is 3. The van der Waals surface area contributed by atoms with Crippen LogP contribution in [0.1, 0.15) is 43.7 Å². The molecule has 25 heavy (non-hydrogen) atoms. The fourth-order valence-corrected chi connectivity index (χ4v) is 5.19. The van der Waals surface area contributed by atoms with Crippen molar-refractivity contribution < 1.29 is 19.5 Å². The Balaban J connectivity index is 2.17. The summed E-state index contributed by atoms with van der Waals surface area (Å²) in [5.74, 6) is -2.54. The molecule has 5 heteroatoms. The Morgan fingerprint density at radius 2 is 2.00 bits per heavy atom. The van der Waals surface area contributed by atoms with Gasteiger partial charge in [0.25, 0.3) is 0 Å². The van der Waals surface area contributed by atoms with Crippen LogP contribution in [0, 0.1) is 11.3 Å². The molecule has 1 heterocycles. The Labute approximate surface area is 146 Å². The van der Waals surface area contributed by atoms with Crippen molar-refractivity contribution in [2.24, 2.45) is 11.3 Å². The normalized spacial score (nSPS) is 32.4. The van der Waals surface area contributed by atoms with Gasteiger partial charge in [0.15, 0.2) is 11.2 Å². The fraction of sp³-hybridized carbons (Fsp3) is 0.450. The lowest BCUT2D eigenvalue weighted by Crippen LogP contribution is -2.52. The number of carbonyl (C=O) groups excluding carboxylic acids is 2. The van der Waals surface area contributed by atoms with E-state index in [0.717, 1.165) is 5.57 Å². The highest BCUT2D eigenvalue weighted by atomic mass is 16.4. The average Bonchev–Trinajstić information content (AvgIpc) is 2.79. The molecule has 2 bridgehead atoms. The van der Waals surface area contributed by atoms with Crippen LogP contribution in [-0.4, -0.2) is 29.8 Å². The minimum atomic E-state index is -1.64. The number of amides is 1. The first-order valence-corrected chi connectivity index (χ1v) is 8.49. The van der Waals surface area contributed by atoms with Gasteiger partial charge in [0, 0.05) is 18.7 Å². The number of fused-ring (bicyclic) bond motifs is 3. The Morgan fingerprint density at radius 3 is 2.64 bits per heavy atom. The number of rotatable bonds is 1. The summed E-state index contributed by atoms with van der Waals surface area (Å²) in [5, 5.41) is 10.1. The molecule has 1 fully saturated rings. The number of carboxylic acid groups (broad SMARTS) is 1. The predicted molar refractivity (Wildman–Crippen MR) is 92.6 cm³/mol. The maximum Gasteiger partial charge on any atom is 0.322 e. The van der Waals surface area contributed by atoms with Crippen LogP contribution < -0.4 is 4.90 Å². The van der Waals surface area contributed by atoms with Gasteiger partial charge in [0.2, 0.25) is 5.91 Å². The van der Waals surface area contributed by atoms with Crippen molar-refractivity contribution in [3.63, 3.8) is 0 Å². The van der Waals surface area contributed by atoms with E-state index >= 15 is 0 Å². The smallest absolute Gasteiger partial charge is 0.322 e. The van der Waals surface area contributed by atoms with Crippen LogP contribution >= 0.6 is 0 Å². The molecule has 3 atom stereocenters. The number of ketones is 1. The van der Waals surface area contributed by atoms with Crippen molar-refractivity contribution >= 4 is 23.3 Å². The molecule has 1 unspecified atom stereocenters. The number of hydrogen-bond acceptors (Lipinski definition) is 3. The van der Waals surface area contributed by atoms with Crippen LogP contribution in [0.2, 0.25) is 0 Å². The van der Waals surface area contributed by atoms with Crippen LogP contribution in [0.4, 0.5) is 5.69 Å². The zero-order chi connectivity index (χ0) is 18.3. The molecular weight excluding hydrogens is 318 g/mol. The second-order valence-electron chi connectivity index (χ2n) is 8.15. The molecule has 4 rings (SSSR count). The molecule has 3 aliphatic rings. The molecule has 1 amide bonds. The number of likely N-dealkylation sites (N-methyl/N-ethyl adjacent to an activating group) is 1. The number of anilines is 1. The summed E-state index contributed by atoms with van der Waals surface area (Å²) < 4.78 is 0. The third-order valence-electron chi connectivity index (χ3n) is 6.52. The highest BCUT2D eigenvalue weighted by Crippen LogP contribution is 2.61. The molecule has 0 aromatic heterocycles. The van der Waals surface area contributed by atoms with Crippen LogP contribution in [0.3, 0.4) is 0 Å². The highest BCUT2D eigenvalue weighted by Gasteiger charge is 2.64. The van der Waals surface area contributed by atoms with Crippen LogP contribution in [0.25, 0.3) is 0 Å². The molecule has 1 aromatic rings. The molecular formula is C20H21NO4. The van der Waals surface area contributed by atoms with Gasteiger partial charge in [0.1, 0.15) is 0 Å². The minimum Gasteiger partial charge on any atom is -0.480 e. The van der Waals surface area contributed by atoms with E-state index in [4.69, 9.17) is 0 Å². The maximum absolute atomic E-state index is 13.4. The molecule has 1 aromatic carbocycles. The first kappa shape index (κ1) is 16.1. The molecule has 2 aliphatic carbocycles. The summed E-state index contributed by atoms with van der Waals surface area (Å²) in [6, 6.07) is 5.28. The number of carboxylic acids is 1. The highest BCUT2D eigenvalue weighted by molar-refractivity contribution is 6.15. The number of hydrogen-bond donors (Lipinski definition) is 1. The molecule has 0 saturated heterocycles. The zero-order valence-electron chi connectivity index (χ0n) is 14.6. The Morgan fingerprint density at radius 1 is 1.32 bits per heavy atom. The molecule has 1 N–H and O–H groups in total. The first-order chi connectivity index (χ1) is 11.6. The largest absolute Gasteiger partial charge is 0.480 e. The molecule has 0 radical (unpaired) electrons. The first-order valence-electron chi connectivity index (χ1n) is 8.49. The van der Waals surface area contributed by atoms with E-state index in [2.05, 4.69) is 6.58 Å². The van der Waals surface area contributed by atoms with E-state index in [9.17, 15) is 19.5 Å². The van der Waals surface area contributed by atoms with Gasteiger partial charge in [-0.3, -0.25) is 14.4 Å². The van der Waals surface area contributed by atoms with Crippen molar-refractivity contribution in [3.8, 4) is 0 Å². The second kappa shape index (κ2) is 4.59. The minimum absolute atomic E-state index is 0.0704. The Kier molecular flexibility index (Phi) is 2.95. The van der Waals surface area contributed by atoms with E-state index in [1.54, 1.807) is 24.1 Å². The molecule has 1 saturated carbocycles. The SMILES string of the molecule is C=C1C[C@H]2C(=O)[C@@](C(=O)O)(C1)c1cccc3c1C(C(=O)N3C)C2(C)C. The van der Waals surface area contributed by atoms with Crippen molar-refractivity contribution in [2.75, 3.05) is 11.9 Å². The Hall–Kier alpha value is -2.43. The van der Waals surface area contributed by atoms with E-state index in [-0.39, 0.29) is 18.1 Å². The number of Topliss-reactive ketones (excluding diaryl/α,β-unsaturated/α-hetero) is 1.